The molecule has 6 heteroatoms. The van der Waals surface area contributed by atoms with Crippen LogP contribution in [0.25, 0.3) is 161 Å². The fraction of sp³-hybridized carbons (Fsp3) is 0. The van der Waals surface area contributed by atoms with E-state index in [1.807, 2.05) is 24.5 Å². The SMILES string of the molecule is N#Cc1c(-c2ccc(-n3c4ccccc4c4ccccc43)cc2)c(-c2ccncc2)c(-c2cc(-c3ccccc3)nc(-c3ccccc3)c2)c(-c2ccc(-n3c4ccccc4c4ccccc43)cc2)c1-c1ccc(-n2c3ccccc3c3ccccc32)cc1. The van der Waals surface area contributed by atoms with E-state index in [4.69, 9.17) is 4.98 Å². The Kier molecular flexibility index (Phi) is 12.2. The number of nitrogens with zero attached hydrogens (tertiary/aromatic N) is 6. The van der Waals surface area contributed by atoms with E-state index in [2.05, 4.69) is 316 Å². The van der Waals surface area contributed by atoms with Gasteiger partial charge in [0.1, 0.15) is 6.07 Å². The standard InChI is InChI=1S/C83H52N6/c84-53-70-79(56-35-41-61(42-36-56)87-73-29-13-7-23-64(73)65-24-8-14-30-74(65)87)81(58-39-45-63(46-40-58)89-77-33-17-11-27-68(77)69-28-12-18-34-78(69)89)83(60-51-71(54-19-3-1-4-20-54)86-72(52-60)55-21-5-2-6-22-55)82(59-47-49-85-50-48-59)80(70)57-37-43-62(44-38-57)88-75-31-15-9-25-66(75)67-26-10-16-32-76(67)88/h1-52H. The number of rotatable bonds is 10. The van der Waals surface area contributed by atoms with E-state index in [0.717, 1.165) is 128 Å². The van der Waals surface area contributed by atoms with Gasteiger partial charge in [0, 0.05) is 84.0 Å². The second kappa shape index (κ2) is 21.1. The summed E-state index contributed by atoms with van der Waals surface area (Å²) in [6.45, 7) is 0. The lowest BCUT2D eigenvalue weighted by Crippen LogP contribution is -2.04. The molecule has 0 atom stereocenters. The summed E-state index contributed by atoms with van der Waals surface area (Å²) < 4.78 is 7.06. The van der Waals surface area contributed by atoms with Crippen molar-refractivity contribution in [1.82, 2.24) is 23.7 Å². The highest BCUT2D eigenvalue weighted by molar-refractivity contribution is 6.14. The van der Waals surface area contributed by atoms with Crippen molar-refractivity contribution in [3.8, 4) is 101 Å². The number of fused-ring (bicyclic) bond motifs is 9. The van der Waals surface area contributed by atoms with Crippen LogP contribution in [0, 0.1) is 11.3 Å². The summed E-state index contributed by atoms with van der Waals surface area (Å²) in [6.07, 6.45) is 3.72. The minimum absolute atomic E-state index is 0.553. The van der Waals surface area contributed by atoms with Crippen LogP contribution in [0.2, 0.25) is 0 Å². The molecule has 89 heavy (non-hydrogen) atoms. The van der Waals surface area contributed by atoms with Gasteiger partial charge in [-0.05, 0) is 142 Å². The molecule has 17 rings (SSSR count). The molecule has 0 N–H and O–H groups in total. The van der Waals surface area contributed by atoms with E-state index in [0.29, 0.717) is 5.56 Å². The largest absolute Gasteiger partial charge is 0.309 e. The summed E-state index contributed by atoms with van der Waals surface area (Å²) in [4.78, 5) is 10.1. The average molecular weight is 1130 g/mol. The molecule has 0 fully saturated rings. The molecule has 5 heterocycles. The molecular formula is C83H52N6. The normalized spacial score (nSPS) is 11.6. The van der Waals surface area contributed by atoms with Crippen molar-refractivity contribution in [3.63, 3.8) is 0 Å². The van der Waals surface area contributed by atoms with Gasteiger partial charge in [-0.3, -0.25) is 4.98 Å². The molecule has 0 aliphatic carbocycles. The second-order valence-corrected chi connectivity index (χ2v) is 22.7. The molecular weight excluding hydrogens is 1080 g/mol. The highest BCUT2D eigenvalue weighted by Gasteiger charge is 2.30. The predicted octanol–water partition coefficient (Wildman–Crippen LogP) is 21.3. The summed E-state index contributed by atoms with van der Waals surface area (Å²) in [5.74, 6) is 0. The van der Waals surface area contributed by atoms with Crippen LogP contribution in [0.4, 0.5) is 0 Å². The van der Waals surface area contributed by atoms with Gasteiger partial charge >= 0.3 is 0 Å². The summed E-state index contributed by atoms with van der Waals surface area (Å²) in [5.41, 5.74) is 23.0. The zero-order chi connectivity index (χ0) is 58.9. The molecule has 0 amide bonds. The number of hydrogen-bond acceptors (Lipinski definition) is 3. The number of nitriles is 1. The summed E-state index contributed by atoms with van der Waals surface area (Å²) >= 11 is 0. The third-order valence-electron chi connectivity index (χ3n) is 17.8. The van der Waals surface area contributed by atoms with Crippen LogP contribution >= 0.6 is 0 Å². The fourth-order valence-electron chi connectivity index (χ4n) is 13.9. The maximum Gasteiger partial charge on any atom is 0.100 e. The molecule has 5 aromatic heterocycles. The first-order valence-corrected chi connectivity index (χ1v) is 30.1. The van der Waals surface area contributed by atoms with Crippen LogP contribution in [0.3, 0.4) is 0 Å². The van der Waals surface area contributed by atoms with Crippen LogP contribution < -0.4 is 0 Å². The molecule has 0 radical (unpaired) electrons. The third kappa shape index (κ3) is 8.40. The smallest absolute Gasteiger partial charge is 0.100 e. The van der Waals surface area contributed by atoms with E-state index in [1.165, 1.54) is 32.3 Å². The zero-order valence-corrected chi connectivity index (χ0v) is 48.2. The summed E-state index contributed by atoms with van der Waals surface area (Å²) in [5, 5.41) is 19.6. The number of aromatic nitrogens is 5. The number of benzene rings is 12. The molecule has 6 nitrogen and oxygen atoms in total. The van der Waals surface area contributed by atoms with Crippen molar-refractivity contribution in [2.24, 2.45) is 0 Å². The highest BCUT2D eigenvalue weighted by Crippen LogP contribution is 2.54. The van der Waals surface area contributed by atoms with E-state index >= 15 is 0 Å². The Hall–Kier alpha value is -12.2. The van der Waals surface area contributed by atoms with Gasteiger partial charge in [0.15, 0.2) is 0 Å². The minimum atomic E-state index is 0.553. The Morgan fingerprint density at radius 3 is 0.831 bits per heavy atom. The Morgan fingerprint density at radius 2 is 0.517 bits per heavy atom. The van der Waals surface area contributed by atoms with Crippen molar-refractivity contribution in [2.45, 2.75) is 0 Å². The minimum Gasteiger partial charge on any atom is -0.309 e. The van der Waals surface area contributed by atoms with Gasteiger partial charge in [0.2, 0.25) is 0 Å². The molecule has 0 unspecified atom stereocenters. The quantitative estimate of drug-likeness (QED) is 0.137. The highest BCUT2D eigenvalue weighted by atomic mass is 15.0. The molecule has 12 aromatic carbocycles. The first kappa shape index (κ1) is 51.3. The maximum absolute atomic E-state index is 12.5. The van der Waals surface area contributed by atoms with E-state index in [-0.39, 0.29) is 0 Å². The molecule has 0 spiro atoms. The van der Waals surface area contributed by atoms with Crippen LogP contribution in [-0.2, 0) is 0 Å². The Bertz CT molecular complexity index is 5420. The second-order valence-electron chi connectivity index (χ2n) is 22.7. The van der Waals surface area contributed by atoms with E-state index in [9.17, 15) is 5.26 Å². The van der Waals surface area contributed by atoms with Crippen molar-refractivity contribution < 1.29 is 0 Å². The molecule has 0 aliphatic rings. The topological polar surface area (TPSA) is 64.4 Å². The van der Waals surface area contributed by atoms with Crippen LogP contribution in [0.1, 0.15) is 5.56 Å². The summed E-state index contributed by atoms with van der Waals surface area (Å²) in [7, 11) is 0. The van der Waals surface area contributed by atoms with Gasteiger partial charge in [0.05, 0.1) is 50.1 Å². The number of hydrogen-bond donors (Lipinski definition) is 0. The fourth-order valence-corrected chi connectivity index (χ4v) is 13.9. The lowest BCUT2D eigenvalue weighted by Gasteiger charge is -2.27. The molecule has 0 bridgehead atoms. The number of para-hydroxylation sites is 6. The lowest BCUT2D eigenvalue weighted by molar-refractivity contribution is 1.18. The van der Waals surface area contributed by atoms with Crippen molar-refractivity contribution in [1.29, 1.82) is 5.26 Å². The first-order valence-electron chi connectivity index (χ1n) is 30.1. The molecule has 0 saturated carbocycles. The van der Waals surface area contributed by atoms with E-state index in [1.54, 1.807) is 0 Å². The molecule has 414 valence electrons. The Balaban J connectivity index is 0.996. The predicted molar refractivity (Wildman–Crippen MR) is 368 cm³/mol. The first-order chi connectivity index (χ1) is 44.1. The third-order valence-corrected chi connectivity index (χ3v) is 17.8. The monoisotopic (exact) mass is 1130 g/mol. The van der Waals surface area contributed by atoms with Crippen molar-refractivity contribution >= 4 is 65.4 Å². The molecule has 0 saturated heterocycles. The van der Waals surface area contributed by atoms with Crippen LogP contribution in [0.15, 0.2) is 316 Å². The van der Waals surface area contributed by atoms with Gasteiger partial charge in [-0.15, -0.1) is 0 Å². The average Bonchev–Trinajstić information content (AvgIpc) is 1.73. The Labute approximate surface area is 514 Å². The lowest BCUT2D eigenvalue weighted by atomic mass is 9.75. The van der Waals surface area contributed by atoms with Gasteiger partial charge < -0.3 is 13.7 Å². The van der Waals surface area contributed by atoms with Gasteiger partial charge in [-0.25, -0.2) is 4.98 Å². The Morgan fingerprint density at radius 1 is 0.247 bits per heavy atom. The van der Waals surface area contributed by atoms with Gasteiger partial charge in [-0.2, -0.15) is 5.26 Å². The number of pyridine rings is 2. The molecule has 0 aliphatic heterocycles. The van der Waals surface area contributed by atoms with E-state index < -0.39 is 0 Å². The maximum atomic E-state index is 12.5. The van der Waals surface area contributed by atoms with Gasteiger partial charge in [-0.1, -0.05) is 206 Å². The van der Waals surface area contributed by atoms with Crippen LogP contribution in [0.5, 0.6) is 0 Å². The van der Waals surface area contributed by atoms with Crippen molar-refractivity contribution in [2.75, 3.05) is 0 Å². The summed E-state index contributed by atoms with van der Waals surface area (Å²) in [6, 6.07) is 111. The molecule has 17 aromatic rings. The van der Waals surface area contributed by atoms with Crippen molar-refractivity contribution in [3.05, 3.63) is 321 Å². The zero-order valence-electron chi connectivity index (χ0n) is 48.2. The van der Waals surface area contributed by atoms with Gasteiger partial charge in [0.25, 0.3) is 0 Å². The van der Waals surface area contributed by atoms with Crippen LogP contribution in [-0.4, -0.2) is 23.7 Å².